The summed E-state index contributed by atoms with van der Waals surface area (Å²) >= 11 is 0. The molecule has 32 heavy (non-hydrogen) atoms. The van der Waals surface area contributed by atoms with Crippen molar-refractivity contribution in [3.63, 3.8) is 0 Å². The molecule has 0 radical (unpaired) electrons. The molecular formula is C23H28N4O4S. The number of para-hydroxylation sites is 1. The summed E-state index contributed by atoms with van der Waals surface area (Å²) in [5.41, 5.74) is 0.482. The number of amides is 1. The molecule has 0 N–H and O–H groups in total. The van der Waals surface area contributed by atoms with E-state index in [1.807, 2.05) is 19.9 Å². The summed E-state index contributed by atoms with van der Waals surface area (Å²) in [4.78, 5) is 28.0. The third kappa shape index (κ3) is 4.20. The predicted octanol–water partition coefficient (Wildman–Crippen LogP) is 2.55. The number of nitrogens with zero attached hydrogens (tertiary/aromatic N) is 4. The van der Waals surface area contributed by atoms with Crippen molar-refractivity contribution < 1.29 is 13.2 Å². The third-order valence-electron chi connectivity index (χ3n) is 5.50. The molecule has 0 aliphatic carbocycles. The minimum absolute atomic E-state index is 0.0151. The van der Waals surface area contributed by atoms with Gasteiger partial charge in [0.25, 0.3) is 15.6 Å². The van der Waals surface area contributed by atoms with E-state index < -0.39 is 22.1 Å². The molecule has 0 spiro atoms. The molecule has 1 amide bonds. The van der Waals surface area contributed by atoms with Crippen LogP contribution in [0.15, 0.2) is 70.4 Å². The van der Waals surface area contributed by atoms with Gasteiger partial charge in [-0.2, -0.15) is 0 Å². The lowest BCUT2D eigenvalue weighted by atomic mass is 10.3. The molecule has 0 saturated heterocycles. The average Bonchev–Trinajstić information content (AvgIpc) is 3.02. The van der Waals surface area contributed by atoms with E-state index in [4.69, 9.17) is 0 Å². The van der Waals surface area contributed by atoms with Crippen LogP contribution >= 0.6 is 0 Å². The fraction of sp³-hybridized carbons (Fsp3) is 0.304. The monoisotopic (exact) mass is 456 g/mol. The minimum atomic E-state index is -4.17. The molecule has 1 heterocycles. The van der Waals surface area contributed by atoms with Gasteiger partial charge in [0.05, 0.1) is 16.3 Å². The zero-order valence-corrected chi connectivity index (χ0v) is 19.5. The topological polar surface area (TPSA) is 84.6 Å². The molecule has 3 aromatic rings. The van der Waals surface area contributed by atoms with E-state index >= 15 is 0 Å². The Labute approximate surface area is 188 Å². The van der Waals surface area contributed by atoms with Gasteiger partial charge in [0.1, 0.15) is 12.2 Å². The molecule has 0 unspecified atom stereocenters. The number of carbonyl (C=O) groups is 1. The van der Waals surface area contributed by atoms with Gasteiger partial charge < -0.3 is 4.90 Å². The van der Waals surface area contributed by atoms with Crippen molar-refractivity contribution in [2.75, 3.05) is 23.9 Å². The summed E-state index contributed by atoms with van der Waals surface area (Å²) in [6.07, 6.45) is 0. The first-order chi connectivity index (χ1) is 15.2. The van der Waals surface area contributed by atoms with Crippen molar-refractivity contribution in [2.24, 2.45) is 7.05 Å². The van der Waals surface area contributed by atoms with Crippen molar-refractivity contribution >= 4 is 21.6 Å². The molecule has 0 fully saturated rings. The number of aromatic nitrogens is 2. The van der Waals surface area contributed by atoms with Crippen molar-refractivity contribution in [1.29, 1.82) is 0 Å². The summed E-state index contributed by atoms with van der Waals surface area (Å²) in [7, 11) is -2.48. The summed E-state index contributed by atoms with van der Waals surface area (Å²) in [6, 6.07) is 16.8. The zero-order chi connectivity index (χ0) is 23.5. The van der Waals surface area contributed by atoms with E-state index in [0.29, 0.717) is 24.5 Å². The number of hydrogen-bond donors (Lipinski definition) is 0. The van der Waals surface area contributed by atoms with Gasteiger partial charge in [-0.05, 0) is 45.0 Å². The lowest BCUT2D eigenvalue weighted by molar-refractivity contribution is -0.129. The smallest absolute Gasteiger partial charge is 0.296 e. The maximum Gasteiger partial charge on any atom is 0.296 e. The maximum absolute atomic E-state index is 13.6. The fourth-order valence-electron chi connectivity index (χ4n) is 3.64. The van der Waals surface area contributed by atoms with Gasteiger partial charge in [-0.25, -0.2) is 17.4 Å². The van der Waals surface area contributed by atoms with Crippen LogP contribution < -0.4 is 9.86 Å². The quantitative estimate of drug-likeness (QED) is 0.521. The van der Waals surface area contributed by atoms with Crippen LogP contribution in [0.1, 0.15) is 19.5 Å². The molecule has 0 aliphatic heterocycles. The van der Waals surface area contributed by atoms with Crippen LogP contribution in [0.25, 0.3) is 5.69 Å². The molecule has 0 bridgehead atoms. The predicted molar refractivity (Wildman–Crippen MR) is 125 cm³/mol. The second-order valence-corrected chi connectivity index (χ2v) is 9.16. The standard InChI is InChI=1S/C23H28N4O4S/c1-5-25(6-2)21(28)17-26(32(30,31)20-15-11-8-12-16-20)22-18(3)24(4)27(23(22)29)19-13-9-7-10-14-19/h7-16H,5-6,17H2,1-4H3. The highest BCUT2D eigenvalue weighted by molar-refractivity contribution is 7.92. The zero-order valence-electron chi connectivity index (χ0n) is 18.7. The first kappa shape index (κ1) is 23.3. The Balaban J connectivity index is 2.23. The highest BCUT2D eigenvalue weighted by Crippen LogP contribution is 2.25. The third-order valence-corrected chi connectivity index (χ3v) is 7.26. The molecule has 0 saturated carbocycles. The van der Waals surface area contributed by atoms with Gasteiger partial charge in [0.2, 0.25) is 5.91 Å². The highest BCUT2D eigenvalue weighted by Gasteiger charge is 2.33. The number of sulfonamides is 1. The van der Waals surface area contributed by atoms with Gasteiger partial charge in [0, 0.05) is 20.1 Å². The Morgan fingerprint density at radius 3 is 2.00 bits per heavy atom. The Morgan fingerprint density at radius 2 is 1.47 bits per heavy atom. The number of anilines is 1. The van der Waals surface area contributed by atoms with Crippen molar-refractivity contribution in [2.45, 2.75) is 25.7 Å². The Bertz CT molecular complexity index is 1240. The van der Waals surface area contributed by atoms with Crippen LogP contribution in [0.4, 0.5) is 5.69 Å². The highest BCUT2D eigenvalue weighted by atomic mass is 32.2. The minimum Gasteiger partial charge on any atom is -0.342 e. The molecular weight excluding hydrogens is 428 g/mol. The largest absolute Gasteiger partial charge is 0.342 e. The van der Waals surface area contributed by atoms with Crippen LogP contribution in [0, 0.1) is 6.92 Å². The van der Waals surface area contributed by atoms with Gasteiger partial charge in [-0.15, -0.1) is 0 Å². The van der Waals surface area contributed by atoms with Gasteiger partial charge >= 0.3 is 0 Å². The van der Waals surface area contributed by atoms with Crippen molar-refractivity contribution in [3.8, 4) is 5.69 Å². The van der Waals surface area contributed by atoms with E-state index in [2.05, 4.69) is 0 Å². The molecule has 0 atom stereocenters. The molecule has 3 rings (SSSR count). The Kier molecular flexibility index (Phi) is 6.88. The summed E-state index contributed by atoms with van der Waals surface area (Å²) in [5.74, 6) is -0.372. The van der Waals surface area contributed by atoms with Crippen molar-refractivity contribution in [1.82, 2.24) is 14.3 Å². The van der Waals surface area contributed by atoms with Gasteiger partial charge in [-0.1, -0.05) is 36.4 Å². The van der Waals surface area contributed by atoms with E-state index in [0.717, 1.165) is 4.31 Å². The number of carbonyl (C=O) groups excluding carboxylic acids is 1. The molecule has 8 nitrogen and oxygen atoms in total. The second kappa shape index (κ2) is 9.44. The van der Waals surface area contributed by atoms with Crippen LogP contribution in [0.3, 0.4) is 0 Å². The van der Waals surface area contributed by atoms with Crippen molar-refractivity contribution in [3.05, 3.63) is 76.7 Å². The molecule has 0 aliphatic rings. The fourth-order valence-corrected chi connectivity index (χ4v) is 5.13. The number of benzene rings is 2. The van der Waals surface area contributed by atoms with E-state index in [9.17, 15) is 18.0 Å². The SMILES string of the molecule is CCN(CC)C(=O)CN(c1c(C)n(C)n(-c2ccccc2)c1=O)S(=O)(=O)c1ccccc1. The van der Waals surface area contributed by atoms with Crippen LogP contribution in [0.2, 0.25) is 0 Å². The first-order valence-corrected chi connectivity index (χ1v) is 11.9. The lowest BCUT2D eigenvalue weighted by Crippen LogP contribution is -2.44. The average molecular weight is 457 g/mol. The maximum atomic E-state index is 13.6. The van der Waals surface area contributed by atoms with Gasteiger partial charge in [-0.3, -0.25) is 14.3 Å². The lowest BCUT2D eigenvalue weighted by Gasteiger charge is -2.26. The Morgan fingerprint density at radius 1 is 0.938 bits per heavy atom. The number of rotatable bonds is 8. The first-order valence-electron chi connectivity index (χ1n) is 10.4. The molecule has 170 valence electrons. The second-order valence-electron chi connectivity index (χ2n) is 7.30. The Hall–Kier alpha value is -3.33. The molecule has 2 aromatic carbocycles. The summed E-state index contributed by atoms with van der Waals surface area (Å²) in [6.45, 7) is 5.74. The van der Waals surface area contributed by atoms with Crippen LogP contribution in [0.5, 0.6) is 0 Å². The number of likely N-dealkylation sites (N-methyl/N-ethyl adjacent to an activating group) is 1. The normalized spacial score (nSPS) is 11.4. The molecule has 9 heteroatoms. The van der Waals surface area contributed by atoms with Crippen LogP contribution in [-0.2, 0) is 21.9 Å². The van der Waals surface area contributed by atoms with E-state index in [1.165, 1.54) is 16.8 Å². The number of hydrogen-bond acceptors (Lipinski definition) is 4. The van der Waals surface area contributed by atoms with E-state index in [-0.39, 0.29) is 16.5 Å². The van der Waals surface area contributed by atoms with Crippen LogP contribution in [-0.4, -0.2) is 48.2 Å². The molecule has 1 aromatic heterocycles. The van der Waals surface area contributed by atoms with E-state index in [1.54, 1.807) is 66.0 Å². The van der Waals surface area contributed by atoms with Gasteiger partial charge in [0.15, 0.2) is 0 Å². The summed E-state index contributed by atoms with van der Waals surface area (Å²) in [5, 5.41) is 0. The summed E-state index contributed by atoms with van der Waals surface area (Å²) < 4.78 is 31.2.